The molecule has 6 heteroatoms. The van der Waals surface area contributed by atoms with Crippen LogP contribution in [-0.2, 0) is 0 Å². The Balaban J connectivity index is 1.74. The summed E-state index contributed by atoms with van der Waals surface area (Å²) in [4.78, 5) is 14.8. The Morgan fingerprint density at radius 2 is 1.87 bits per heavy atom. The fraction of sp³-hybridized carbons (Fsp3) is 0.542. The monoisotopic (exact) mass is 418 g/mol. The Morgan fingerprint density at radius 1 is 1.23 bits per heavy atom. The highest BCUT2D eigenvalue weighted by atomic mass is 19.3. The van der Waals surface area contributed by atoms with E-state index in [0.717, 1.165) is 25.5 Å². The molecule has 3 rings (SSSR count). The van der Waals surface area contributed by atoms with Crippen LogP contribution in [0.5, 0.6) is 5.75 Å². The number of halogens is 2. The van der Waals surface area contributed by atoms with Gasteiger partial charge in [-0.3, -0.25) is 4.79 Å². The number of nitrogens with zero attached hydrogens (tertiary/aromatic N) is 1. The predicted octanol–water partition coefficient (Wildman–Crippen LogP) is 4.83. The van der Waals surface area contributed by atoms with Gasteiger partial charge in [0.05, 0.1) is 7.11 Å². The van der Waals surface area contributed by atoms with Crippen LogP contribution in [0, 0.1) is 5.92 Å². The van der Waals surface area contributed by atoms with Gasteiger partial charge < -0.3 is 15.0 Å². The van der Waals surface area contributed by atoms with E-state index in [9.17, 15) is 13.6 Å². The number of hydrogen-bond acceptors (Lipinski definition) is 3. The number of piperidine rings is 1. The molecule has 1 aliphatic carbocycles. The topological polar surface area (TPSA) is 41.6 Å². The molecule has 1 amide bonds. The summed E-state index contributed by atoms with van der Waals surface area (Å²) < 4.78 is 33.2. The van der Waals surface area contributed by atoms with Crippen molar-refractivity contribution in [3.63, 3.8) is 0 Å². The number of benzene rings is 1. The van der Waals surface area contributed by atoms with E-state index in [4.69, 9.17) is 4.74 Å². The molecule has 0 radical (unpaired) electrons. The highest BCUT2D eigenvalue weighted by Crippen LogP contribution is 2.44. The molecule has 1 fully saturated rings. The van der Waals surface area contributed by atoms with E-state index < -0.39 is 5.92 Å². The number of carbonyl (C=O) groups excluding carboxylic acids is 1. The summed E-state index contributed by atoms with van der Waals surface area (Å²) in [6.07, 6.45) is 5.84. The van der Waals surface area contributed by atoms with Crippen molar-refractivity contribution in [3.05, 3.63) is 53.1 Å². The van der Waals surface area contributed by atoms with Gasteiger partial charge in [0.15, 0.2) is 0 Å². The first-order valence-corrected chi connectivity index (χ1v) is 10.7. The van der Waals surface area contributed by atoms with Crippen LogP contribution in [0.2, 0.25) is 0 Å². The number of methoxy groups -OCH3 is 1. The maximum Gasteiger partial charge on any atom is 0.267 e. The zero-order valence-electron chi connectivity index (χ0n) is 18.3. The minimum Gasteiger partial charge on any atom is -0.497 e. The largest absolute Gasteiger partial charge is 0.497 e. The van der Waals surface area contributed by atoms with Crippen LogP contribution in [0.4, 0.5) is 8.78 Å². The predicted molar refractivity (Wildman–Crippen MR) is 115 cm³/mol. The van der Waals surface area contributed by atoms with E-state index in [-0.39, 0.29) is 22.9 Å². The lowest BCUT2D eigenvalue weighted by atomic mass is 9.74. The van der Waals surface area contributed by atoms with Crippen molar-refractivity contribution < 1.29 is 18.3 Å². The maximum atomic E-state index is 14.0. The molecule has 1 saturated heterocycles. The van der Waals surface area contributed by atoms with Crippen molar-refractivity contribution in [2.45, 2.75) is 51.5 Å². The van der Waals surface area contributed by atoms with Crippen molar-refractivity contribution in [2.24, 2.45) is 5.92 Å². The van der Waals surface area contributed by atoms with E-state index in [0.29, 0.717) is 37.2 Å². The lowest BCUT2D eigenvalue weighted by Gasteiger charge is -2.45. The third-order valence-electron chi connectivity index (χ3n) is 6.39. The first-order chi connectivity index (χ1) is 14.2. The number of likely N-dealkylation sites (tertiary alicyclic amines) is 1. The first-order valence-electron chi connectivity index (χ1n) is 10.7. The Kier molecular flexibility index (Phi) is 6.65. The lowest BCUT2D eigenvalue weighted by molar-refractivity contribution is 0.0536. The summed E-state index contributed by atoms with van der Waals surface area (Å²) in [7, 11) is 1.59. The fourth-order valence-corrected chi connectivity index (χ4v) is 4.68. The molecule has 0 bridgehead atoms. The van der Waals surface area contributed by atoms with E-state index in [1.165, 1.54) is 0 Å². The van der Waals surface area contributed by atoms with E-state index in [1.54, 1.807) is 37.5 Å². The SMILES string of the molecule is CCCNC1(C2=CC=C(C(C)(F)F)C2C)CCN(C(=O)c2ccc(OC)cc2)CC1. The first kappa shape index (κ1) is 22.5. The molecule has 0 aromatic heterocycles. The summed E-state index contributed by atoms with van der Waals surface area (Å²) in [6.45, 7) is 6.92. The van der Waals surface area contributed by atoms with Gasteiger partial charge in [0.25, 0.3) is 11.8 Å². The average molecular weight is 419 g/mol. The molecule has 1 aromatic rings. The van der Waals surface area contributed by atoms with Crippen molar-refractivity contribution in [3.8, 4) is 5.75 Å². The minimum atomic E-state index is -2.82. The molecule has 164 valence electrons. The highest BCUT2D eigenvalue weighted by Gasteiger charge is 2.45. The minimum absolute atomic E-state index is 0.00546. The van der Waals surface area contributed by atoms with Crippen LogP contribution in [0.3, 0.4) is 0 Å². The molecule has 0 spiro atoms. The summed E-state index contributed by atoms with van der Waals surface area (Å²) in [5, 5.41) is 3.64. The normalized spacial score (nSPS) is 21.3. The zero-order chi connectivity index (χ0) is 21.9. The van der Waals surface area contributed by atoms with Gasteiger partial charge in [-0.1, -0.05) is 26.0 Å². The molecule has 2 aliphatic rings. The van der Waals surface area contributed by atoms with Gasteiger partial charge in [0.2, 0.25) is 0 Å². The van der Waals surface area contributed by atoms with Gasteiger partial charge in [-0.2, -0.15) is 0 Å². The molecular weight excluding hydrogens is 386 g/mol. The molecule has 1 unspecified atom stereocenters. The van der Waals surface area contributed by atoms with Crippen LogP contribution < -0.4 is 10.1 Å². The molecule has 1 atom stereocenters. The number of rotatable bonds is 7. The Morgan fingerprint density at radius 3 is 2.37 bits per heavy atom. The maximum absolute atomic E-state index is 14.0. The number of allylic oxidation sites excluding steroid dienone is 3. The smallest absolute Gasteiger partial charge is 0.267 e. The van der Waals surface area contributed by atoms with Crippen molar-refractivity contribution >= 4 is 5.91 Å². The number of alkyl halides is 2. The van der Waals surface area contributed by atoms with Gasteiger partial charge >= 0.3 is 0 Å². The van der Waals surface area contributed by atoms with Gasteiger partial charge in [-0.25, -0.2) is 8.78 Å². The number of amides is 1. The third kappa shape index (κ3) is 4.43. The van der Waals surface area contributed by atoms with E-state index in [1.807, 2.05) is 17.9 Å². The van der Waals surface area contributed by atoms with Crippen molar-refractivity contribution in [1.29, 1.82) is 0 Å². The highest BCUT2D eigenvalue weighted by molar-refractivity contribution is 5.94. The van der Waals surface area contributed by atoms with Gasteiger partial charge in [-0.05, 0) is 55.6 Å². The molecule has 1 aliphatic heterocycles. The molecule has 4 nitrogen and oxygen atoms in total. The molecule has 0 saturated carbocycles. The van der Waals surface area contributed by atoms with Crippen LogP contribution in [-0.4, -0.2) is 49.0 Å². The second-order valence-electron chi connectivity index (χ2n) is 8.38. The Bertz CT molecular complexity index is 817. The molecular formula is C24H32F2N2O2. The molecule has 1 N–H and O–H groups in total. The Hall–Kier alpha value is -2.21. The quantitative estimate of drug-likeness (QED) is 0.690. The summed E-state index contributed by atoms with van der Waals surface area (Å²) in [5.74, 6) is -2.42. The standard InChI is InChI=1S/C24H32F2N2O2/c1-5-14-27-24(21-11-10-20(17(21)2)23(3,25)26)12-15-28(16-13-24)22(29)18-6-8-19(30-4)9-7-18/h6-11,17,27H,5,12-16H2,1-4H3. The summed E-state index contributed by atoms with van der Waals surface area (Å²) in [6, 6.07) is 7.12. The number of nitrogens with one attached hydrogen (secondary N) is 1. The van der Waals surface area contributed by atoms with Crippen LogP contribution >= 0.6 is 0 Å². The van der Waals surface area contributed by atoms with Crippen LogP contribution in [0.1, 0.15) is 50.4 Å². The zero-order valence-corrected chi connectivity index (χ0v) is 18.3. The summed E-state index contributed by atoms with van der Waals surface area (Å²) >= 11 is 0. The molecule has 1 heterocycles. The van der Waals surface area contributed by atoms with E-state index >= 15 is 0 Å². The Labute approximate surface area is 178 Å². The second kappa shape index (κ2) is 8.88. The number of carbonyl (C=O) groups is 1. The third-order valence-corrected chi connectivity index (χ3v) is 6.39. The fourth-order valence-electron chi connectivity index (χ4n) is 4.68. The molecule has 1 aromatic carbocycles. The number of hydrogen-bond donors (Lipinski definition) is 1. The average Bonchev–Trinajstić information content (AvgIpc) is 3.14. The van der Waals surface area contributed by atoms with Crippen LogP contribution in [0.15, 0.2) is 47.6 Å². The van der Waals surface area contributed by atoms with Gasteiger partial charge in [-0.15, -0.1) is 0 Å². The van der Waals surface area contributed by atoms with Crippen LogP contribution in [0.25, 0.3) is 0 Å². The lowest BCUT2D eigenvalue weighted by Crippen LogP contribution is -2.56. The number of ether oxygens (including phenoxy) is 1. The van der Waals surface area contributed by atoms with Gasteiger partial charge in [0, 0.05) is 42.6 Å². The second-order valence-corrected chi connectivity index (χ2v) is 8.38. The summed E-state index contributed by atoms with van der Waals surface area (Å²) in [5.41, 5.74) is 1.47. The van der Waals surface area contributed by atoms with Crippen molar-refractivity contribution in [2.75, 3.05) is 26.7 Å². The van der Waals surface area contributed by atoms with Crippen molar-refractivity contribution in [1.82, 2.24) is 10.2 Å². The molecule has 30 heavy (non-hydrogen) atoms. The van der Waals surface area contributed by atoms with E-state index in [2.05, 4.69) is 12.2 Å². The van der Waals surface area contributed by atoms with Gasteiger partial charge in [0.1, 0.15) is 5.75 Å².